The van der Waals surface area contributed by atoms with Crippen molar-refractivity contribution in [3.63, 3.8) is 0 Å². The number of piperidine rings is 1. The highest BCUT2D eigenvalue weighted by Gasteiger charge is 2.34. The maximum absolute atomic E-state index is 12.7. The van der Waals surface area contributed by atoms with Crippen molar-refractivity contribution in [1.29, 1.82) is 0 Å². The van der Waals surface area contributed by atoms with Crippen LogP contribution in [0.1, 0.15) is 26.2 Å². The molecule has 0 aromatic heterocycles. The van der Waals surface area contributed by atoms with Gasteiger partial charge in [-0.25, -0.2) is 8.42 Å². The summed E-state index contributed by atoms with van der Waals surface area (Å²) in [6.07, 6.45) is 2.65. The van der Waals surface area contributed by atoms with E-state index in [4.69, 9.17) is 5.73 Å². The Kier molecular flexibility index (Phi) is 4.48. The van der Waals surface area contributed by atoms with Gasteiger partial charge < -0.3 is 5.73 Å². The molecule has 7 nitrogen and oxygen atoms in total. The van der Waals surface area contributed by atoms with Gasteiger partial charge in [-0.1, -0.05) is 13.3 Å². The van der Waals surface area contributed by atoms with Gasteiger partial charge in [0.05, 0.1) is 4.92 Å². The molecule has 8 heteroatoms. The summed E-state index contributed by atoms with van der Waals surface area (Å²) in [6.45, 7) is 2.82. The molecule has 21 heavy (non-hydrogen) atoms. The first kappa shape index (κ1) is 15.7. The Morgan fingerprint density at radius 1 is 1.48 bits per heavy atom. The van der Waals surface area contributed by atoms with Gasteiger partial charge in [0.25, 0.3) is 5.69 Å². The topological polar surface area (TPSA) is 107 Å². The first-order valence-electron chi connectivity index (χ1n) is 6.90. The largest absolute Gasteiger partial charge is 0.399 e. The number of sulfonamides is 1. The monoisotopic (exact) mass is 313 g/mol. The zero-order chi connectivity index (χ0) is 15.6. The fraction of sp³-hybridized carbons (Fsp3) is 0.538. The number of rotatable bonds is 4. The number of nitrogens with two attached hydrogens (primary N) is 1. The first-order chi connectivity index (χ1) is 9.86. The molecule has 1 aromatic carbocycles. The van der Waals surface area contributed by atoms with Crippen LogP contribution >= 0.6 is 0 Å². The molecule has 1 fully saturated rings. The molecular weight excluding hydrogens is 294 g/mol. The van der Waals surface area contributed by atoms with Gasteiger partial charge >= 0.3 is 0 Å². The van der Waals surface area contributed by atoms with Gasteiger partial charge in [-0.15, -0.1) is 0 Å². The van der Waals surface area contributed by atoms with Crippen molar-refractivity contribution in [2.24, 2.45) is 5.92 Å². The minimum atomic E-state index is -3.89. The fourth-order valence-corrected chi connectivity index (χ4v) is 4.35. The first-order valence-corrected chi connectivity index (χ1v) is 8.34. The van der Waals surface area contributed by atoms with Crippen molar-refractivity contribution in [3.05, 3.63) is 28.3 Å². The van der Waals surface area contributed by atoms with Crippen LogP contribution in [-0.4, -0.2) is 30.7 Å². The lowest BCUT2D eigenvalue weighted by atomic mass is 9.97. The second-order valence-electron chi connectivity index (χ2n) is 5.26. The summed E-state index contributed by atoms with van der Waals surface area (Å²) in [5, 5.41) is 11.1. The Bertz CT molecular complexity index is 645. The predicted molar refractivity (Wildman–Crippen MR) is 79.3 cm³/mol. The summed E-state index contributed by atoms with van der Waals surface area (Å²) in [5.74, 6) is 0.300. The standard InChI is InChI=1S/C13H19N3O4S/c1-2-10-4-3-7-15(9-10)21(19,20)13-8-11(14)5-6-12(13)16(17)18/h5-6,8,10H,2-4,7,9,14H2,1H3. The van der Waals surface area contributed by atoms with E-state index in [1.54, 1.807) is 0 Å². The van der Waals surface area contributed by atoms with E-state index < -0.39 is 20.6 Å². The minimum Gasteiger partial charge on any atom is -0.399 e. The molecule has 1 heterocycles. The van der Waals surface area contributed by atoms with Crippen LogP contribution < -0.4 is 5.73 Å². The highest BCUT2D eigenvalue weighted by atomic mass is 32.2. The zero-order valence-electron chi connectivity index (χ0n) is 11.9. The highest BCUT2D eigenvalue weighted by Crippen LogP contribution is 2.31. The van der Waals surface area contributed by atoms with Gasteiger partial charge in [0.2, 0.25) is 10.0 Å². The number of benzene rings is 1. The van der Waals surface area contributed by atoms with Gasteiger partial charge in [0.1, 0.15) is 0 Å². The summed E-state index contributed by atoms with van der Waals surface area (Å²) >= 11 is 0. The molecule has 1 atom stereocenters. The normalized spacial score (nSPS) is 20.3. The number of anilines is 1. The summed E-state index contributed by atoms with van der Waals surface area (Å²) in [4.78, 5) is 10.1. The Labute approximate surface area is 123 Å². The third-order valence-electron chi connectivity index (χ3n) is 3.86. The number of nitro groups is 1. The van der Waals surface area contributed by atoms with Crippen LogP contribution in [0.2, 0.25) is 0 Å². The van der Waals surface area contributed by atoms with Gasteiger partial charge in [0, 0.05) is 24.8 Å². The summed E-state index contributed by atoms with van der Waals surface area (Å²) < 4.78 is 26.7. The van der Waals surface area contributed by atoms with Gasteiger partial charge in [-0.3, -0.25) is 10.1 Å². The Morgan fingerprint density at radius 2 is 2.19 bits per heavy atom. The fourth-order valence-electron chi connectivity index (χ4n) is 2.61. The van der Waals surface area contributed by atoms with Crippen LogP contribution in [0.5, 0.6) is 0 Å². The number of nitrogens with zero attached hydrogens (tertiary/aromatic N) is 2. The van der Waals surface area contributed by atoms with E-state index in [1.165, 1.54) is 16.4 Å². The second kappa shape index (κ2) is 5.98. The molecule has 0 amide bonds. The average molecular weight is 313 g/mol. The van der Waals surface area contributed by atoms with Crippen LogP contribution in [0.15, 0.2) is 23.1 Å². The molecule has 2 N–H and O–H groups in total. The highest BCUT2D eigenvalue weighted by molar-refractivity contribution is 7.89. The molecule has 2 rings (SSSR count). The summed E-state index contributed by atoms with van der Waals surface area (Å²) in [5.41, 5.74) is 5.37. The van der Waals surface area contributed by atoms with Crippen LogP contribution in [0.3, 0.4) is 0 Å². The molecule has 0 saturated carbocycles. The lowest BCUT2D eigenvalue weighted by Gasteiger charge is -2.31. The third kappa shape index (κ3) is 3.16. The van der Waals surface area contributed by atoms with E-state index in [1.807, 2.05) is 6.92 Å². The average Bonchev–Trinajstić information content (AvgIpc) is 2.46. The van der Waals surface area contributed by atoms with Crippen LogP contribution in [0.4, 0.5) is 11.4 Å². The third-order valence-corrected chi connectivity index (χ3v) is 5.75. The van der Waals surface area contributed by atoms with E-state index in [2.05, 4.69) is 0 Å². The Morgan fingerprint density at radius 3 is 2.81 bits per heavy atom. The number of nitro benzene ring substituents is 1. The molecule has 0 radical (unpaired) electrons. The lowest BCUT2D eigenvalue weighted by Crippen LogP contribution is -2.39. The van der Waals surface area contributed by atoms with Gasteiger partial charge in [-0.2, -0.15) is 4.31 Å². The molecule has 1 aliphatic heterocycles. The van der Waals surface area contributed by atoms with Crippen molar-refractivity contribution < 1.29 is 13.3 Å². The van der Waals surface area contributed by atoms with Crippen molar-refractivity contribution in [3.8, 4) is 0 Å². The van der Waals surface area contributed by atoms with E-state index in [0.29, 0.717) is 19.0 Å². The molecular formula is C13H19N3O4S. The SMILES string of the molecule is CCC1CCCN(S(=O)(=O)c2cc(N)ccc2[N+](=O)[O-])C1. The minimum absolute atomic E-state index is 0.197. The smallest absolute Gasteiger partial charge is 0.289 e. The second-order valence-corrected chi connectivity index (χ2v) is 7.17. The van der Waals surface area contributed by atoms with E-state index in [-0.39, 0.29) is 10.6 Å². The molecule has 1 aromatic rings. The van der Waals surface area contributed by atoms with Gasteiger partial charge in [-0.05, 0) is 30.9 Å². The number of hydrogen-bond donors (Lipinski definition) is 1. The zero-order valence-corrected chi connectivity index (χ0v) is 12.7. The summed E-state index contributed by atoms with van der Waals surface area (Å²) in [6, 6.07) is 3.65. The molecule has 0 spiro atoms. The van der Waals surface area contributed by atoms with E-state index in [0.717, 1.165) is 25.3 Å². The quantitative estimate of drug-likeness (QED) is 0.519. The van der Waals surface area contributed by atoms with Crippen LogP contribution in [0, 0.1) is 16.0 Å². The van der Waals surface area contributed by atoms with Crippen molar-refractivity contribution in [2.45, 2.75) is 31.1 Å². The molecule has 116 valence electrons. The lowest BCUT2D eigenvalue weighted by molar-refractivity contribution is -0.387. The molecule has 1 unspecified atom stereocenters. The van der Waals surface area contributed by atoms with Gasteiger partial charge in [0.15, 0.2) is 4.90 Å². The van der Waals surface area contributed by atoms with Crippen molar-refractivity contribution >= 4 is 21.4 Å². The molecule has 1 saturated heterocycles. The number of nitrogen functional groups attached to an aromatic ring is 1. The van der Waals surface area contributed by atoms with E-state index in [9.17, 15) is 18.5 Å². The maximum atomic E-state index is 12.7. The predicted octanol–water partition coefficient (Wildman–Crippen LogP) is 1.99. The van der Waals surface area contributed by atoms with E-state index >= 15 is 0 Å². The molecule has 0 aliphatic carbocycles. The molecule has 1 aliphatic rings. The van der Waals surface area contributed by atoms with Crippen molar-refractivity contribution in [2.75, 3.05) is 18.8 Å². The maximum Gasteiger partial charge on any atom is 0.289 e. The Balaban J connectivity index is 2.44. The molecule has 0 bridgehead atoms. The summed E-state index contributed by atoms with van der Waals surface area (Å²) in [7, 11) is -3.89. The number of hydrogen-bond acceptors (Lipinski definition) is 5. The van der Waals surface area contributed by atoms with Crippen LogP contribution in [-0.2, 0) is 10.0 Å². The Hall–Kier alpha value is -1.67. The van der Waals surface area contributed by atoms with Crippen LogP contribution in [0.25, 0.3) is 0 Å². The van der Waals surface area contributed by atoms with Crippen molar-refractivity contribution in [1.82, 2.24) is 4.31 Å².